The van der Waals surface area contributed by atoms with E-state index in [1.54, 1.807) is 24.8 Å². The van der Waals surface area contributed by atoms with Crippen LogP contribution in [0.5, 0.6) is 0 Å². The van der Waals surface area contributed by atoms with Crippen LogP contribution in [0.25, 0.3) is 0 Å². The van der Waals surface area contributed by atoms with Gasteiger partial charge in [0, 0.05) is 19.8 Å². The molecule has 9 heteroatoms. The Balaban J connectivity index is 1.78. The summed E-state index contributed by atoms with van der Waals surface area (Å²) in [7, 11) is 3.38. The molecule has 0 bridgehead atoms. The molecule has 2 rings (SSSR count). The molecule has 3 N–H and O–H groups in total. The highest BCUT2D eigenvalue weighted by Gasteiger charge is 2.06. The average molecular weight is 319 g/mol. The van der Waals surface area contributed by atoms with Gasteiger partial charge in [-0.25, -0.2) is 9.37 Å². The predicted molar refractivity (Wildman–Crippen MR) is 84.2 cm³/mol. The van der Waals surface area contributed by atoms with Crippen molar-refractivity contribution < 1.29 is 9.18 Å². The average Bonchev–Trinajstić information content (AvgIpc) is 2.93. The Hall–Kier alpha value is -2.97. The lowest BCUT2D eigenvalue weighted by Gasteiger charge is -2.11. The Kier molecular flexibility index (Phi) is 5.61. The zero-order chi connectivity index (χ0) is 16.7. The second-order valence-electron chi connectivity index (χ2n) is 4.64. The van der Waals surface area contributed by atoms with E-state index >= 15 is 0 Å². The number of benzene rings is 1. The Bertz CT molecular complexity index is 698. The van der Waals surface area contributed by atoms with Crippen LogP contribution in [0.2, 0.25) is 0 Å². The van der Waals surface area contributed by atoms with Crippen molar-refractivity contribution in [2.24, 2.45) is 12.0 Å². The molecule has 0 spiro atoms. The first-order chi connectivity index (χ1) is 11.1. The lowest BCUT2D eigenvalue weighted by Crippen LogP contribution is -2.41. The van der Waals surface area contributed by atoms with Crippen LogP contribution in [-0.4, -0.2) is 40.2 Å². The number of carbonyl (C=O) groups excluding carboxylic acids is 1. The molecule has 1 aromatic carbocycles. The number of nitrogens with zero attached hydrogens (tertiary/aromatic N) is 4. The van der Waals surface area contributed by atoms with Crippen molar-refractivity contribution in [3.05, 3.63) is 42.2 Å². The van der Waals surface area contributed by atoms with Crippen molar-refractivity contribution in [2.75, 3.05) is 18.9 Å². The van der Waals surface area contributed by atoms with Crippen molar-refractivity contribution in [2.45, 2.75) is 6.54 Å². The largest absolute Gasteiger partial charge is 0.349 e. The number of anilines is 1. The van der Waals surface area contributed by atoms with Crippen LogP contribution in [0.15, 0.2) is 35.6 Å². The van der Waals surface area contributed by atoms with Crippen molar-refractivity contribution in [1.29, 1.82) is 0 Å². The third-order valence-corrected chi connectivity index (χ3v) is 2.97. The van der Waals surface area contributed by atoms with Gasteiger partial charge in [0.15, 0.2) is 5.96 Å². The smallest absolute Gasteiger partial charge is 0.243 e. The number of aliphatic imine (C=N–C) groups is 1. The van der Waals surface area contributed by atoms with Crippen LogP contribution in [0.1, 0.15) is 5.82 Å². The van der Waals surface area contributed by atoms with Crippen LogP contribution in [0, 0.1) is 5.82 Å². The number of nitrogens with one attached hydrogen (secondary N) is 3. The minimum absolute atomic E-state index is 0.00496. The maximum Gasteiger partial charge on any atom is 0.243 e. The van der Waals surface area contributed by atoms with E-state index in [-0.39, 0.29) is 12.5 Å². The molecule has 0 radical (unpaired) electrons. The van der Waals surface area contributed by atoms with Crippen LogP contribution in [0.4, 0.5) is 10.1 Å². The number of hydrogen-bond acceptors (Lipinski definition) is 4. The summed E-state index contributed by atoms with van der Waals surface area (Å²) in [5.74, 6) is 0.466. The second-order valence-corrected chi connectivity index (χ2v) is 4.64. The zero-order valence-corrected chi connectivity index (χ0v) is 12.9. The topological polar surface area (TPSA) is 96.2 Å². The molecular formula is C14H18FN7O. The highest BCUT2D eigenvalue weighted by Crippen LogP contribution is 2.08. The molecule has 0 aliphatic carbocycles. The third kappa shape index (κ3) is 5.06. The molecule has 0 atom stereocenters. The van der Waals surface area contributed by atoms with Gasteiger partial charge in [0.25, 0.3) is 0 Å². The first kappa shape index (κ1) is 16.4. The fourth-order valence-corrected chi connectivity index (χ4v) is 1.80. The molecule has 0 aliphatic heterocycles. The van der Waals surface area contributed by atoms with Crippen LogP contribution >= 0.6 is 0 Å². The van der Waals surface area contributed by atoms with Gasteiger partial charge in [-0.2, -0.15) is 5.10 Å². The maximum atomic E-state index is 13.0. The Labute approximate surface area is 132 Å². The first-order valence-electron chi connectivity index (χ1n) is 6.91. The summed E-state index contributed by atoms with van der Waals surface area (Å²) < 4.78 is 14.7. The van der Waals surface area contributed by atoms with E-state index in [1.165, 1.54) is 24.5 Å². The molecule has 23 heavy (non-hydrogen) atoms. The summed E-state index contributed by atoms with van der Waals surface area (Å²) in [5, 5.41) is 12.4. The van der Waals surface area contributed by atoms with Gasteiger partial charge in [-0.3, -0.25) is 14.5 Å². The van der Waals surface area contributed by atoms with E-state index in [4.69, 9.17) is 0 Å². The molecular weight excluding hydrogens is 301 g/mol. The van der Waals surface area contributed by atoms with E-state index in [2.05, 4.69) is 31.0 Å². The lowest BCUT2D eigenvalue weighted by atomic mass is 10.3. The van der Waals surface area contributed by atoms with E-state index in [0.717, 1.165) is 5.82 Å². The molecule has 1 heterocycles. The SMILES string of the molecule is CN=C(NCC(=O)Nc1cccc(F)c1)NCc1ncnn1C. The van der Waals surface area contributed by atoms with E-state index in [1.807, 2.05) is 0 Å². The minimum atomic E-state index is -0.406. The van der Waals surface area contributed by atoms with E-state index in [0.29, 0.717) is 18.2 Å². The summed E-state index contributed by atoms with van der Waals surface area (Å²) in [5.41, 5.74) is 0.402. The predicted octanol–water partition coefficient (Wildman–Crippen LogP) is 0.258. The molecule has 122 valence electrons. The Morgan fingerprint density at radius 2 is 2.22 bits per heavy atom. The standard InChI is InChI=1S/C14H18FN7O/c1-16-14(17-7-12-19-9-20-22(12)2)18-8-13(23)21-11-5-3-4-10(15)6-11/h3-6,9H,7-8H2,1-2H3,(H,21,23)(H2,16,17,18). The van der Waals surface area contributed by atoms with Gasteiger partial charge in [0.1, 0.15) is 18.0 Å². The second kappa shape index (κ2) is 7.87. The summed E-state index contributed by atoms with van der Waals surface area (Å²) in [6, 6.07) is 5.70. The van der Waals surface area contributed by atoms with Gasteiger partial charge in [-0.05, 0) is 18.2 Å². The van der Waals surface area contributed by atoms with Gasteiger partial charge in [-0.1, -0.05) is 6.07 Å². The van der Waals surface area contributed by atoms with Gasteiger partial charge in [-0.15, -0.1) is 0 Å². The number of hydrogen-bond donors (Lipinski definition) is 3. The van der Waals surface area contributed by atoms with E-state index < -0.39 is 5.82 Å². The number of carbonyl (C=O) groups is 1. The highest BCUT2D eigenvalue weighted by atomic mass is 19.1. The third-order valence-electron chi connectivity index (χ3n) is 2.97. The summed E-state index contributed by atoms with van der Waals surface area (Å²) in [6.07, 6.45) is 1.46. The summed E-state index contributed by atoms with van der Waals surface area (Å²) >= 11 is 0. The number of aromatic nitrogens is 3. The van der Waals surface area contributed by atoms with Crippen LogP contribution < -0.4 is 16.0 Å². The lowest BCUT2D eigenvalue weighted by molar-refractivity contribution is -0.115. The number of rotatable bonds is 5. The molecule has 1 aromatic heterocycles. The molecule has 0 saturated carbocycles. The van der Waals surface area contributed by atoms with E-state index in [9.17, 15) is 9.18 Å². The van der Waals surface area contributed by atoms with Gasteiger partial charge < -0.3 is 16.0 Å². The molecule has 0 saturated heterocycles. The van der Waals surface area contributed by atoms with Crippen LogP contribution in [-0.2, 0) is 18.4 Å². The minimum Gasteiger partial charge on any atom is -0.349 e. The summed E-state index contributed by atoms with van der Waals surface area (Å²) in [4.78, 5) is 19.9. The quantitative estimate of drug-likeness (QED) is 0.542. The Morgan fingerprint density at radius 1 is 1.39 bits per heavy atom. The number of amides is 1. The molecule has 0 aliphatic rings. The molecule has 0 fully saturated rings. The van der Waals surface area contributed by atoms with Gasteiger partial charge in [0.05, 0.1) is 13.1 Å². The first-order valence-corrected chi connectivity index (χ1v) is 6.91. The van der Waals surface area contributed by atoms with Gasteiger partial charge >= 0.3 is 0 Å². The Morgan fingerprint density at radius 3 is 2.87 bits per heavy atom. The number of aryl methyl sites for hydroxylation is 1. The molecule has 1 amide bonds. The van der Waals surface area contributed by atoms with Crippen molar-refractivity contribution in [1.82, 2.24) is 25.4 Å². The molecule has 0 unspecified atom stereocenters. The fraction of sp³-hybridized carbons (Fsp3) is 0.286. The maximum absolute atomic E-state index is 13.0. The van der Waals surface area contributed by atoms with Gasteiger partial charge in [0.2, 0.25) is 5.91 Å². The number of guanidine groups is 1. The highest BCUT2D eigenvalue weighted by molar-refractivity contribution is 5.94. The van der Waals surface area contributed by atoms with Crippen molar-refractivity contribution in [3.63, 3.8) is 0 Å². The fourth-order valence-electron chi connectivity index (χ4n) is 1.80. The van der Waals surface area contributed by atoms with Crippen LogP contribution in [0.3, 0.4) is 0 Å². The monoisotopic (exact) mass is 319 g/mol. The summed E-state index contributed by atoms with van der Waals surface area (Å²) in [6.45, 7) is 0.413. The van der Waals surface area contributed by atoms with Crippen molar-refractivity contribution >= 4 is 17.6 Å². The molecule has 2 aromatic rings. The number of halogens is 1. The van der Waals surface area contributed by atoms with Crippen molar-refractivity contribution in [3.8, 4) is 0 Å². The zero-order valence-electron chi connectivity index (χ0n) is 12.9. The molecule has 8 nitrogen and oxygen atoms in total. The normalized spacial score (nSPS) is 11.2.